The lowest BCUT2D eigenvalue weighted by molar-refractivity contribution is -0.136. The summed E-state index contributed by atoms with van der Waals surface area (Å²) in [6.07, 6.45) is 0. The molecule has 0 bridgehead atoms. The third-order valence-electron chi connectivity index (χ3n) is 3.96. The van der Waals surface area contributed by atoms with Gasteiger partial charge in [-0.25, -0.2) is 9.18 Å². The molecule has 6 nitrogen and oxygen atoms in total. The molecular weight excluding hydrogens is 301 g/mol. The molecule has 1 aliphatic heterocycles. The highest BCUT2D eigenvalue weighted by Crippen LogP contribution is 2.25. The SMILES string of the molecule is CCN(CC)C(=O)CN1C(=O)C(C)N(c2ccc(F)cc2)C1=O. The summed E-state index contributed by atoms with van der Waals surface area (Å²) in [5.74, 6) is -1.13. The number of imide groups is 1. The van der Waals surface area contributed by atoms with E-state index < -0.39 is 23.8 Å². The van der Waals surface area contributed by atoms with Crippen LogP contribution in [0.4, 0.5) is 14.9 Å². The van der Waals surface area contributed by atoms with Gasteiger partial charge in [0.15, 0.2) is 0 Å². The summed E-state index contributed by atoms with van der Waals surface area (Å²) in [5, 5.41) is 0. The lowest BCUT2D eigenvalue weighted by atomic mass is 10.2. The molecule has 1 fully saturated rings. The number of anilines is 1. The number of hydrogen-bond donors (Lipinski definition) is 0. The van der Waals surface area contributed by atoms with E-state index in [0.717, 1.165) is 4.90 Å². The first-order valence-corrected chi connectivity index (χ1v) is 7.58. The van der Waals surface area contributed by atoms with E-state index in [1.54, 1.807) is 11.8 Å². The van der Waals surface area contributed by atoms with E-state index in [9.17, 15) is 18.8 Å². The Kier molecular flexibility index (Phi) is 4.98. The van der Waals surface area contributed by atoms with Gasteiger partial charge in [0.2, 0.25) is 5.91 Å². The summed E-state index contributed by atoms with van der Waals surface area (Å²) >= 11 is 0. The van der Waals surface area contributed by atoms with Crippen LogP contribution < -0.4 is 4.90 Å². The summed E-state index contributed by atoms with van der Waals surface area (Å²) in [7, 11) is 0. The van der Waals surface area contributed by atoms with Crippen LogP contribution in [-0.2, 0) is 9.59 Å². The first kappa shape index (κ1) is 16.9. The average molecular weight is 321 g/mol. The summed E-state index contributed by atoms with van der Waals surface area (Å²) in [5.41, 5.74) is 0.426. The Morgan fingerprint density at radius 2 is 1.74 bits per heavy atom. The largest absolute Gasteiger partial charge is 0.342 e. The molecule has 23 heavy (non-hydrogen) atoms. The molecule has 0 aromatic heterocycles. The molecule has 0 aliphatic carbocycles. The summed E-state index contributed by atoms with van der Waals surface area (Å²) in [6.45, 7) is 6.02. The predicted octanol–water partition coefficient (Wildman–Crippen LogP) is 1.85. The first-order chi connectivity index (χ1) is 10.9. The standard InChI is InChI=1S/C16H20FN3O3/c1-4-18(5-2)14(21)10-19-15(22)11(3)20(16(19)23)13-8-6-12(17)7-9-13/h6-9,11H,4-5,10H2,1-3H3. The van der Waals surface area contributed by atoms with Crippen molar-refractivity contribution in [2.24, 2.45) is 0 Å². The van der Waals surface area contributed by atoms with E-state index in [1.807, 2.05) is 13.8 Å². The van der Waals surface area contributed by atoms with Gasteiger partial charge in [-0.05, 0) is 45.0 Å². The summed E-state index contributed by atoms with van der Waals surface area (Å²) in [4.78, 5) is 40.8. The zero-order chi connectivity index (χ0) is 17.1. The number of hydrogen-bond acceptors (Lipinski definition) is 3. The number of halogens is 1. The van der Waals surface area contributed by atoms with Crippen molar-refractivity contribution in [3.8, 4) is 0 Å². The fourth-order valence-corrected chi connectivity index (χ4v) is 2.62. The molecule has 1 unspecified atom stereocenters. The molecule has 2 rings (SSSR count). The van der Waals surface area contributed by atoms with Gasteiger partial charge in [0, 0.05) is 18.8 Å². The van der Waals surface area contributed by atoms with Gasteiger partial charge in [0.1, 0.15) is 18.4 Å². The number of nitrogens with zero attached hydrogens (tertiary/aromatic N) is 3. The highest BCUT2D eigenvalue weighted by Gasteiger charge is 2.44. The highest BCUT2D eigenvalue weighted by molar-refractivity contribution is 6.15. The van der Waals surface area contributed by atoms with Crippen LogP contribution in [-0.4, -0.2) is 53.3 Å². The third-order valence-corrected chi connectivity index (χ3v) is 3.96. The van der Waals surface area contributed by atoms with Gasteiger partial charge in [-0.15, -0.1) is 0 Å². The third kappa shape index (κ3) is 3.18. The number of carbonyl (C=O) groups excluding carboxylic acids is 3. The zero-order valence-corrected chi connectivity index (χ0v) is 13.5. The van der Waals surface area contributed by atoms with E-state index in [-0.39, 0.29) is 12.5 Å². The second-order valence-corrected chi connectivity index (χ2v) is 5.30. The Morgan fingerprint density at radius 1 is 1.17 bits per heavy atom. The van der Waals surface area contributed by atoms with Crippen molar-refractivity contribution in [2.45, 2.75) is 26.8 Å². The fraction of sp³-hybridized carbons (Fsp3) is 0.438. The van der Waals surface area contributed by atoms with Gasteiger partial charge in [-0.1, -0.05) is 0 Å². The Bertz CT molecular complexity index is 614. The minimum absolute atomic E-state index is 0.273. The maximum atomic E-state index is 13.0. The minimum Gasteiger partial charge on any atom is -0.342 e. The van der Waals surface area contributed by atoms with Gasteiger partial charge < -0.3 is 4.90 Å². The molecule has 124 valence electrons. The van der Waals surface area contributed by atoms with Crippen LogP contribution >= 0.6 is 0 Å². The Balaban J connectivity index is 2.21. The van der Waals surface area contributed by atoms with Gasteiger partial charge in [0.05, 0.1) is 0 Å². The predicted molar refractivity (Wildman–Crippen MR) is 83.4 cm³/mol. The monoisotopic (exact) mass is 321 g/mol. The number of benzene rings is 1. The highest BCUT2D eigenvalue weighted by atomic mass is 19.1. The molecule has 1 saturated heterocycles. The number of amides is 4. The molecule has 0 spiro atoms. The molecule has 0 radical (unpaired) electrons. The van der Waals surface area contributed by atoms with Crippen LogP contribution in [0.15, 0.2) is 24.3 Å². The molecule has 4 amide bonds. The number of carbonyl (C=O) groups is 3. The van der Waals surface area contributed by atoms with Crippen molar-refractivity contribution in [3.63, 3.8) is 0 Å². The van der Waals surface area contributed by atoms with Crippen molar-refractivity contribution in [2.75, 3.05) is 24.5 Å². The van der Waals surface area contributed by atoms with Crippen LogP contribution in [0.1, 0.15) is 20.8 Å². The molecule has 1 heterocycles. The number of likely N-dealkylation sites (N-methyl/N-ethyl adjacent to an activating group) is 1. The van der Waals surface area contributed by atoms with Crippen LogP contribution in [0.3, 0.4) is 0 Å². The molecule has 0 N–H and O–H groups in total. The lowest BCUT2D eigenvalue weighted by Crippen LogP contribution is -2.43. The van der Waals surface area contributed by atoms with E-state index in [0.29, 0.717) is 18.8 Å². The molecule has 7 heteroatoms. The van der Waals surface area contributed by atoms with Gasteiger partial charge in [-0.2, -0.15) is 0 Å². The quantitative estimate of drug-likeness (QED) is 0.778. The first-order valence-electron chi connectivity index (χ1n) is 7.58. The van der Waals surface area contributed by atoms with Crippen LogP contribution in [0, 0.1) is 5.82 Å². The Labute approximate surface area is 134 Å². The number of rotatable bonds is 5. The Morgan fingerprint density at radius 3 is 2.26 bits per heavy atom. The lowest BCUT2D eigenvalue weighted by Gasteiger charge is -2.22. The van der Waals surface area contributed by atoms with Gasteiger partial charge in [0.25, 0.3) is 5.91 Å². The smallest absolute Gasteiger partial charge is 0.332 e. The van der Waals surface area contributed by atoms with E-state index in [4.69, 9.17) is 0 Å². The topological polar surface area (TPSA) is 60.9 Å². The van der Waals surface area contributed by atoms with Crippen molar-refractivity contribution in [1.29, 1.82) is 0 Å². The van der Waals surface area contributed by atoms with E-state index >= 15 is 0 Å². The van der Waals surface area contributed by atoms with Crippen molar-refractivity contribution < 1.29 is 18.8 Å². The minimum atomic E-state index is -0.725. The zero-order valence-electron chi connectivity index (χ0n) is 13.5. The Hall–Kier alpha value is -2.44. The maximum Gasteiger partial charge on any atom is 0.332 e. The maximum absolute atomic E-state index is 13.0. The van der Waals surface area contributed by atoms with Crippen molar-refractivity contribution in [3.05, 3.63) is 30.1 Å². The van der Waals surface area contributed by atoms with Gasteiger partial charge in [-0.3, -0.25) is 19.4 Å². The van der Waals surface area contributed by atoms with Crippen LogP contribution in [0.2, 0.25) is 0 Å². The van der Waals surface area contributed by atoms with Crippen LogP contribution in [0.25, 0.3) is 0 Å². The second kappa shape index (κ2) is 6.76. The summed E-state index contributed by atoms with van der Waals surface area (Å²) in [6, 6.07) is 4.04. The normalized spacial score (nSPS) is 17.8. The van der Waals surface area contributed by atoms with Gasteiger partial charge >= 0.3 is 6.03 Å². The van der Waals surface area contributed by atoms with Crippen LogP contribution in [0.5, 0.6) is 0 Å². The number of urea groups is 1. The average Bonchev–Trinajstić information content (AvgIpc) is 2.73. The second-order valence-electron chi connectivity index (χ2n) is 5.30. The van der Waals surface area contributed by atoms with E-state index in [1.165, 1.54) is 29.2 Å². The molecule has 1 aliphatic rings. The molecular formula is C16H20FN3O3. The fourth-order valence-electron chi connectivity index (χ4n) is 2.62. The molecule has 0 saturated carbocycles. The summed E-state index contributed by atoms with van der Waals surface area (Å²) < 4.78 is 13.0. The van der Waals surface area contributed by atoms with E-state index in [2.05, 4.69) is 0 Å². The molecule has 1 aromatic rings. The molecule has 1 atom stereocenters. The molecule has 1 aromatic carbocycles. The van der Waals surface area contributed by atoms with Crippen molar-refractivity contribution >= 4 is 23.5 Å². The van der Waals surface area contributed by atoms with Crippen molar-refractivity contribution in [1.82, 2.24) is 9.80 Å².